The highest BCUT2D eigenvalue weighted by Gasteiger charge is 2.11. The van der Waals surface area contributed by atoms with Crippen LogP contribution in [0.2, 0.25) is 4.34 Å². The molecule has 1 heterocycles. The van der Waals surface area contributed by atoms with Gasteiger partial charge in [0.15, 0.2) is 0 Å². The lowest BCUT2D eigenvalue weighted by atomic mass is 10.4. The molecule has 1 rings (SSSR count). The summed E-state index contributed by atoms with van der Waals surface area (Å²) in [4.78, 5) is 12.5. The predicted octanol–water partition coefficient (Wildman–Crippen LogP) is 0.499. The van der Waals surface area contributed by atoms with Crippen LogP contribution in [0.25, 0.3) is 0 Å². The van der Waals surface area contributed by atoms with Crippen LogP contribution in [-0.4, -0.2) is 33.5 Å². The van der Waals surface area contributed by atoms with E-state index in [0.717, 1.165) is 18.1 Å². The number of rotatable bonds is 5. The lowest BCUT2D eigenvalue weighted by molar-refractivity contribution is -0.119. The van der Waals surface area contributed by atoms with Crippen molar-refractivity contribution in [1.29, 1.82) is 0 Å². The maximum absolute atomic E-state index is 10.7. The molecule has 1 amide bonds. The van der Waals surface area contributed by atoms with Crippen LogP contribution in [0.4, 0.5) is 0 Å². The van der Waals surface area contributed by atoms with Crippen LogP contribution in [0.3, 0.4) is 0 Å². The highest BCUT2D eigenvalue weighted by Crippen LogP contribution is 2.18. The van der Waals surface area contributed by atoms with Gasteiger partial charge in [-0.3, -0.25) is 9.69 Å². The smallest absolute Gasteiger partial charge is 0.231 e. The van der Waals surface area contributed by atoms with E-state index in [0.29, 0.717) is 16.6 Å². The van der Waals surface area contributed by atoms with Crippen molar-refractivity contribution < 1.29 is 4.79 Å². The fourth-order valence-corrected chi connectivity index (χ4v) is 1.61. The summed E-state index contributed by atoms with van der Waals surface area (Å²) in [5.41, 5.74) is 5.78. The van der Waals surface area contributed by atoms with Crippen molar-refractivity contribution in [2.75, 3.05) is 13.1 Å². The number of hydrogen-bond acceptors (Lipinski definition) is 5. The number of nitrogens with zero attached hydrogens (tertiary/aromatic N) is 3. The van der Waals surface area contributed by atoms with Crippen molar-refractivity contribution in [2.24, 2.45) is 5.73 Å². The molecule has 0 unspecified atom stereocenters. The van der Waals surface area contributed by atoms with Gasteiger partial charge in [0.25, 0.3) is 0 Å². The molecule has 0 fully saturated rings. The molecule has 0 saturated heterocycles. The fourth-order valence-electron chi connectivity index (χ4n) is 1.00. The summed E-state index contributed by atoms with van der Waals surface area (Å²) in [5, 5.41) is 3.85. The average Bonchev–Trinajstić information content (AvgIpc) is 2.50. The van der Waals surface area contributed by atoms with E-state index < -0.39 is 0 Å². The third-order valence-corrected chi connectivity index (χ3v) is 2.69. The molecular weight excluding hydrogens is 224 g/mol. The third-order valence-electron chi connectivity index (χ3n) is 1.71. The molecule has 1 aromatic heterocycles. The normalized spacial score (nSPS) is 10.8. The molecule has 0 radical (unpaired) electrons. The first-order chi connectivity index (χ1) is 6.63. The molecule has 7 heteroatoms. The van der Waals surface area contributed by atoms with Crippen molar-refractivity contribution in [3.63, 3.8) is 0 Å². The van der Waals surface area contributed by atoms with Crippen molar-refractivity contribution in [2.45, 2.75) is 13.5 Å². The van der Waals surface area contributed by atoms with Gasteiger partial charge in [-0.1, -0.05) is 23.0 Å². The van der Waals surface area contributed by atoms with Gasteiger partial charge in [-0.2, -0.15) is 0 Å². The molecule has 0 aliphatic rings. The van der Waals surface area contributed by atoms with E-state index in [1.54, 1.807) is 0 Å². The molecule has 78 valence electrons. The second kappa shape index (κ2) is 5.23. The van der Waals surface area contributed by atoms with Crippen LogP contribution in [0.1, 0.15) is 12.6 Å². The average molecular weight is 235 g/mol. The van der Waals surface area contributed by atoms with E-state index in [1.165, 1.54) is 0 Å². The summed E-state index contributed by atoms with van der Waals surface area (Å²) in [7, 11) is 0. The Morgan fingerprint density at radius 1 is 1.71 bits per heavy atom. The van der Waals surface area contributed by atoms with Gasteiger partial charge in [0.1, 0.15) is 10.0 Å². The monoisotopic (exact) mass is 234 g/mol. The van der Waals surface area contributed by atoms with Gasteiger partial charge >= 0.3 is 0 Å². The maximum atomic E-state index is 10.7. The number of halogens is 1. The SMILES string of the molecule is CCN(CC(N)=O)Cc1nnsc1Cl. The van der Waals surface area contributed by atoms with Crippen LogP contribution in [0, 0.1) is 0 Å². The van der Waals surface area contributed by atoms with Gasteiger partial charge in [0, 0.05) is 18.1 Å². The minimum atomic E-state index is -0.355. The van der Waals surface area contributed by atoms with E-state index in [9.17, 15) is 4.79 Å². The van der Waals surface area contributed by atoms with Crippen LogP contribution in [0.15, 0.2) is 0 Å². The zero-order chi connectivity index (χ0) is 10.6. The van der Waals surface area contributed by atoms with Gasteiger partial charge in [0.2, 0.25) is 5.91 Å². The Bertz CT molecular complexity index is 316. The number of likely N-dealkylation sites (N-methyl/N-ethyl adjacent to an activating group) is 1. The molecule has 2 N–H and O–H groups in total. The lowest BCUT2D eigenvalue weighted by Gasteiger charge is -2.16. The number of primary amides is 1. The quantitative estimate of drug-likeness (QED) is 0.805. The van der Waals surface area contributed by atoms with Crippen molar-refractivity contribution >= 4 is 29.0 Å². The number of nitrogens with two attached hydrogens (primary N) is 1. The molecule has 0 aliphatic heterocycles. The number of amides is 1. The molecular formula is C7H11ClN4OS. The highest BCUT2D eigenvalue weighted by molar-refractivity contribution is 7.10. The summed E-state index contributed by atoms with van der Waals surface area (Å²) >= 11 is 6.97. The van der Waals surface area contributed by atoms with E-state index in [-0.39, 0.29) is 12.5 Å². The molecule has 0 saturated carbocycles. The first kappa shape index (κ1) is 11.4. The van der Waals surface area contributed by atoms with Crippen LogP contribution >= 0.6 is 23.1 Å². The Morgan fingerprint density at radius 2 is 2.43 bits per heavy atom. The predicted molar refractivity (Wildman–Crippen MR) is 55.1 cm³/mol. The molecule has 0 atom stereocenters. The first-order valence-corrected chi connectivity index (χ1v) is 5.26. The Kier molecular flexibility index (Phi) is 4.24. The molecule has 0 aliphatic carbocycles. The Hall–Kier alpha value is -0.720. The topological polar surface area (TPSA) is 72.1 Å². The number of hydrogen-bond donors (Lipinski definition) is 1. The van der Waals surface area contributed by atoms with Gasteiger partial charge in [-0.25, -0.2) is 0 Å². The zero-order valence-electron chi connectivity index (χ0n) is 7.73. The van der Waals surface area contributed by atoms with Crippen LogP contribution in [-0.2, 0) is 11.3 Å². The minimum Gasteiger partial charge on any atom is -0.369 e. The fraction of sp³-hybridized carbons (Fsp3) is 0.571. The maximum Gasteiger partial charge on any atom is 0.231 e. The summed E-state index contributed by atoms with van der Waals surface area (Å²) < 4.78 is 4.27. The molecule has 0 aromatic carbocycles. The Morgan fingerprint density at radius 3 is 2.86 bits per heavy atom. The van der Waals surface area contributed by atoms with Gasteiger partial charge in [0.05, 0.1) is 6.54 Å². The van der Waals surface area contributed by atoms with Crippen LogP contribution in [0.5, 0.6) is 0 Å². The molecule has 14 heavy (non-hydrogen) atoms. The zero-order valence-corrected chi connectivity index (χ0v) is 9.31. The third kappa shape index (κ3) is 3.21. The van der Waals surface area contributed by atoms with Gasteiger partial charge in [-0.15, -0.1) is 5.10 Å². The number of aromatic nitrogens is 2. The first-order valence-electron chi connectivity index (χ1n) is 4.10. The summed E-state index contributed by atoms with van der Waals surface area (Å²) in [5.74, 6) is -0.355. The highest BCUT2D eigenvalue weighted by atomic mass is 35.5. The Balaban J connectivity index is 2.57. The van der Waals surface area contributed by atoms with E-state index in [2.05, 4.69) is 9.59 Å². The largest absolute Gasteiger partial charge is 0.369 e. The summed E-state index contributed by atoms with van der Waals surface area (Å²) in [6.45, 7) is 3.38. The molecule has 5 nitrogen and oxygen atoms in total. The summed E-state index contributed by atoms with van der Waals surface area (Å²) in [6, 6.07) is 0. The van der Waals surface area contributed by atoms with Gasteiger partial charge < -0.3 is 5.73 Å². The van der Waals surface area contributed by atoms with Gasteiger partial charge in [-0.05, 0) is 6.54 Å². The van der Waals surface area contributed by atoms with Crippen molar-refractivity contribution in [3.05, 3.63) is 10.0 Å². The van der Waals surface area contributed by atoms with Crippen molar-refractivity contribution in [3.8, 4) is 0 Å². The lowest BCUT2D eigenvalue weighted by Crippen LogP contribution is -2.33. The Labute approximate surface area is 91.0 Å². The van der Waals surface area contributed by atoms with E-state index in [4.69, 9.17) is 17.3 Å². The second-order valence-electron chi connectivity index (χ2n) is 2.76. The van der Waals surface area contributed by atoms with Crippen molar-refractivity contribution in [1.82, 2.24) is 14.5 Å². The van der Waals surface area contributed by atoms with E-state index in [1.807, 2.05) is 11.8 Å². The second-order valence-corrected chi connectivity index (χ2v) is 4.12. The van der Waals surface area contributed by atoms with Crippen LogP contribution < -0.4 is 5.73 Å². The number of carbonyl (C=O) groups is 1. The standard InChI is InChI=1S/C7H11ClN4OS/c1-2-12(4-6(9)13)3-5-7(8)14-11-10-5/h2-4H2,1H3,(H2,9,13). The molecule has 0 spiro atoms. The summed E-state index contributed by atoms with van der Waals surface area (Å²) in [6.07, 6.45) is 0. The number of carbonyl (C=O) groups excluding carboxylic acids is 1. The molecule has 0 bridgehead atoms. The molecule has 1 aromatic rings. The minimum absolute atomic E-state index is 0.213. The van der Waals surface area contributed by atoms with E-state index >= 15 is 0 Å².